The molecule has 288 valence electrons. The molecule has 3 aliphatic rings. The summed E-state index contributed by atoms with van der Waals surface area (Å²) in [6.07, 6.45) is 7.68. The van der Waals surface area contributed by atoms with Crippen LogP contribution < -0.4 is 4.90 Å². The van der Waals surface area contributed by atoms with E-state index in [0.717, 1.165) is 12.1 Å². The Kier molecular flexibility index (Phi) is 8.33. The molecular weight excluding hydrogens is 723 g/mol. The lowest BCUT2D eigenvalue weighted by Gasteiger charge is -2.42. The third kappa shape index (κ3) is 5.18. The second-order valence-electron chi connectivity index (χ2n) is 17.0. The molecule has 0 N–H and O–H groups in total. The molecule has 0 saturated heterocycles. The zero-order valence-corrected chi connectivity index (χ0v) is 34.7. The highest BCUT2D eigenvalue weighted by Gasteiger charge is 2.51. The van der Waals surface area contributed by atoms with Crippen molar-refractivity contribution >= 4 is 22.6 Å². The Labute approximate surface area is 354 Å². The van der Waals surface area contributed by atoms with Crippen LogP contribution in [0.3, 0.4) is 0 Å². The van der Waals surface area contributed by atoms with Gasteiger partial charge in [-0.15, -0.1) is 0 Å². The summed E-state index contributed by atoms with van der Waals surface area (Å²) in [5.74, 6) is 0. The van der Waals surface area contributed by atoms with Gasteiger partial charge in [0, 0.05) is 11.1 Å². The Balaban J connectivity index is 1.09. The van der Waals surface area contributed by atoms with Crippen LogP contribution in [0.2, 0.25) is 0 Å². The van der Waals surface area contributed by atoms with Crippen molar-refractivity contribution in [2.45, 2.75) is 44.9 Å². The Bertz CT molecular complexity index is 2990. The van der Waals surface area contributed by atoms with E-state index >= 15 is 0 Å². The minimum absolute atomic E-state index is 0.275. The number of fused-ring (bicyclic) bond motifs is 12. The molecule has 8 aromatic rings. The van der Waals surface area contributed by atoms with Crippen LogP contribution in [0.15, 0.2) is 200 Å². The van der Waals surface area contributed by atoms with E-state index < -0.39 is 0 Å². The molecular formula is C59H47N. The number of allylic oxidation sites excluding steroid dienone is 4. The lowest BCUT2D eigenvalue weighted by atomic mass is 9.70. The molecule has 8 aromatic carbocycles. The van der Waals surface area contributed by atoms with Crippen molar-refractivity contribution in [2.75, 3.05) is 4.90 Å². The van der Waals surface area contributed by atoms with Gasteiger partial charge in [-0.05, 0) is 145 Å². The molecule has 1 heterocycles. The Hall–Kier alpha value is -6.96. The molecule has 0 atom stereocenters. The molecule has 0 fully saturated rings. The number of benzene rings is 8. The van der Waals surface area contributed by atoms with Crippen molar-refractivity contribution in [1.82, 2.24) is 0 Å². The molecule has 0 bridgehead atoms. The van der Waals surface area contributed by atoms with Gasteiger partial charge in [-0.2, -0.15) is 0 Å². The maximum absolute atomic E-state index is 2.51. The summed E-state index contributed by atoms with van der Waals surface area (Å²) in [6.45, 7) is 9.11. The number of hydrogen-bond acceptors (Lipinski definition) is 1. The number of nitrogens with zero attached hydrogens (tertiary/aromatic N) is 1. The Morgan fingerprint density at radius 2 is 0.933 bits per heavy atom. The normalized spacial score (nSPS) is 15.0. The monoisotopic (exact) mass is 769 g/mol. The van der Waals surface area contributed by atoms with Crippen molar-refractivity contribution in [3.63, 3.8) is 0 Å². The van der Waals surface area contributed by atoms with Gasteiger partial charge in [0.1, 0.15) is 0 Å². The first-order chi connectivity index (χ1) is 29.4. The average Bonchev–Trinajstić information content (AvgIpc) is 3.77. The third-order valence-electron chi connectivity index (χ3n) is 13.6. The average molecular weight is 770 g/mol. The molecule has 0 aromatic heterocycles. The van der Waals surface area contributed by atoms with E-state index in [1.807, 2.05) is 0 Å². The summed E-state index contributed by atoms with van der Waals surface area (Å²) in [5.41, 5.74) is 23.8. The largest absolute Gasteiger partial charge is 0.310 e. The predicted molar refractivity (Wildman–Crippen MR) is 254 cm³/mol. The fraction of sp³-hybridized carbons (Fsp3) is 0.119. The molecule has 1 nitrogen and oxygen atoms in total. The fourth-order valence-corrected chi connectivity index (χ4v) is 10.7. The number of anilines is 3. The van der Waals surface area contributed by atoms with E-state index in [2.05, 4.69) is 233 Å². The van der Waals surface area contributed by atoms with Crippen LogP contribution in [0.25, 0.3) is 50.1 Å². The Morgan fingerprint density at radius 1 is 0.467 bits per heavy atom. The molecule has 0 saturated carbocycles. The summed E-state index contributed by atoms with van der Waals surface area (Å²) in [4.78, 5) is 2.48. The SMILES string of the molecule is C/C=C(\C=C/CC)c1ccc(N2c3ccc(-c4ccccc4)cc3C(C)(C)c3cc(-c4ccc5c(c4)C4(c6ccccc6-c6ccccc64)c4ccccc4-5)ccc32)cc1. The summed E-state index contributed by atoms with van der Waals surface area (Å²) >= 11 is 0. The van der Waals surface area contributed by atoms with E-state index in [0.29, 0.717) is 0 Å². The smallest absolute Gasteiger partial charge is 0.0725 e. The van der Waals surface area contributed by atoms with Crippen LogP contribution in [-0.2, 0) is 10.8 Å². The summed E-state index contributed by atoms with van der Waals surface area (Å²) in [6, 6.07) is 68.6. The quantitative estimate of drug-likeness (QED) is 0.152. The maximum atomic E-state index is 2.51. The summed E-state index contributed by atoms with van der Waals surface area (Å²) < 4.78 is 0. The van der Waals surface area contributed by atoms with Gasteiger partial charge >= 0.3 is 0 Å². The standard InChI is InChI=1S/C59H47N/c1-5-7-17-39(6-2)41-26-31-45(32-27-41)60-56-34-29-42(40-18-9-8-10-19-40)37-54(56)58(3,4)55-38-44(30-35-57(55)60)43-28-33-49-48-22-13-16-25-52(48)59(53(49)36-43)50-23-14-11-20-46(50)47-21-12-15-24-51(47)59/h6-38H,5H2,1-4H3/b17-7-,39-6+. The first-order valence-corrected chi connectivity index (χ1v) is 21.5. The van der Waals surface area contributed by atoms with E-state index in [-0.39, 0.29) is 10.8 Å². The Morgan fingerprint density at radius 3 is 1.47 bits per heavy atom. The minimum Gasteiger partial charge on any atom is -0.310 e. The van der Waals surface area contributed by atoms with Gasteiger partial charge in [0.25, 0.3) is 0 Å². The van der Waals surface area contributed by atoms with Crippen LogP contribution in [-0.4, -0.2) is 0 Å². The van der Waals surface area contributed by atoms with Crippen molar-refractivity contribution in [2.24, 2.45) is 0 Å². The fourth-order valence-electron chi connectivity index (χ4n) is 10.7. The highest BCUT2D eigenvalue weighted by atomic mass is 15.2. The van der Waals surface area contributed by atoms with Crippen LogP contribution in [0.4, 0.5) is 17.1 Å². The lowest BCUT2D eigenvalue weighted by molar-refractivity contribution is 0.632. The predicted octanol–water partition coefficient (Wildman–Crippen LogP) is 15.8. The van der Waals surface area contributed by atoms with Gasteiger partial charge < -0.3 is 4.90 Å². The highest BCUT2D eigenvalue weighted by Crippen LogP contribution is 2.63. The molecule has 1 spiro atoms. The van der Waals surface area contributed by atoms with E-state index in [1.54, 1.807) is 0 Å². The lowest BCUT2D eigenvalue weighted by Crippen LogP contribution is -2.30. The number of hydrogen-bond donors (Lipinski definition) is 0. The van der Waals surface area contributed by atoms with E-state index in [1.165, 1.54) is 100 Å². The molecule has 1 aliphatic heterocycles. The molecule has 0 amide bonds. The van der Waals surface area contributed by atoms with E-state index in [4.69, 9.17) is 0 Å². The molecule has 0 unspecified atom stereocenters. The van der Waals surface area contributed by atoms with Gasteiger partial charge in [0.2, 0.25) is 0 Å². The third-order valence-corrected chi connectivity index (χ3v) is 13.6. The number of rotatable bonds is 6. The zero-order valence-electron chi connectivity index (χ0n) is 34.7. The van der Waals surface area contributed by atoms with Crippen LogP contribution in [0.1, 0.15) is 73.1 Å². The first kappa shape index (κ1) is 36.1. The van der Waals surface area contributed by atoms with Crippen LogP contribution in [0, 0.1) is 0 Å². The molecule has 60 heavy (non-hydrogen) atoms. The van der Waals surface area contributed by atoms with E-state index in [9.17, 15) is 0 Å². The summed E-state index contributed by atoms with van der Waals surface area (Å²) in [7, 11) is 0. The van der Waals surface area contributed by atoms with Crippen molar-refractivity contribution in [3.05, 3.63) is 239 Å². The first-order valence-electron chi connectivity index (χ1n) is 21.5. The summed E-state index contributed by atoms with van der Waals surface area (Å²) in [5, 5.41) is 0. The maximum Gasteiger partial charge on any atom is 0.0725 e. The highest BCUT2D eigenvalue weighted by molar-refractivity contribution is 5.96. The van der Waals surface area contributed by atoms with Gasteiger partial charge in [-0.1, -0.05) is 179 Å². The topological polar surface area (TPSA) is 3.24 Å². The second-order valence-corrected chi connectivity index (χ2v) is 17.0. The van der Waals surface area contributed by atoms with Crippen LogP contribution in [0.5, 0.6) is 0 Å². The van der Waals surface area contributed by atoms with Crippen LogP contribution >= 0.6 is 0 Å². The van der Waals surface area contributed by atoms with Crippen molar-refractivity contribution in [1.29, 1.82) is 0 Å². The molecule has 1 heteroatoms. The van der Waals surface area contributed by atoms with Gasteiger partial charge in [-0.3, -0.25) is 0 Å². The zero-order chi connectivity index (χ0) is 40.6. The molecule has 2 aliphatic carbocycles. The van der Waals surface area contributed by atoms with Crippen molar-refractivity contribution < 1.29 is 0 Å². The molecule has 0 radical (unpaired) electrons. The van der Waals surface area contributed by atoms with Gasteiger partial charge in [-0.25, -0.2) is 0 Å². The second kappa shape index (κ2) is 13.8. The van der Waals surface area contributed by atoms with Gasteiger partial charge in [0.15, 0.2) is 0 Å². The minimum atomic E-state index is -0.377. The molecule has 11 rings (SSSR count). The van der Waals surface area contributed by atoms with Gasteiger partial charge in [0.05, 0.1) is 16.8 Å². The van der Waals surface area contributed by atoms with Crippen molar-refractivity contribution in [3.8, 4) is 44.5 Å².